The lowest BCUT2D eigenvalue weighted by molar-refractivity contribution is -0.128. The van der Waals surface area contributed by atoms with E-state index in [0.717, 1.165) is 25.7 Å². The van der Waals surface area contributed by atoms with Crippen molar-refractivity contribution in [2.75, 3.05) is 26.7 Å². The summed E-state index contributed by atoms with van der Waals surface area (Å²) in [6.45, 7) is 1.16. The Hall–Kier alpha value is -1.35. The van der Waals surface area contributed by atoms with Gasteiger partial charge in [0.2, 0.25) is 15.9 Å². The van der Waals surface area contributed by atoms with Crippen LogP contribution in [0.4, 0.5) is 0 Å². The maximum Gasteiger partial charge on any atom is 0.243 e. The van der Waals surface area contributed by atoms with Crippen LogP contribution in [0.2, 0.25) is 0 Å². The lowest BCUT2D eigenvalue weighted by atomic mass is 9.93. The molecule has 3 rings (SSSR count). The molecule has 1 aromatic rings. The molecule has 2 aliphatic rings. The van der Waals surface area contributed by atoms with Gasteiger partial charge in [0, 0.05) is 25.6 Å². The number of carbonyl (C=O) groups excluding carboxylic acids is 1. The number of nitrogens with two attached hydrogens (primary N) is 1. The maximum atomic E-state index is 12.8. The Morgan fingerprint density at radius 3 is 2.29 bits per heavy atom. The van der Waals surface area contributed by atoms with Crippen molar-refractivity contribution in [1.82, 2.24) is 9.62 Å². The van der Waals surface area contributed by atoms with Gasteiger partial charge < -0.3 is 15.8 Å². The second-order valence-corrected chi connectivity index (χ2v) is 9.47. The van der Waals surface area contributed by atoms with E-state index < -0.39 is 10.0 Å². The molecule has 3 N–H and O–H groups in total. The highest BCUT2D eigenvalue weighted by atomic mass is 35.5. The van der Waals surface area contributed by atoms with E-state index in [1.54, 1.807) is 31.4 Å². The van der Waals surface area contributed by atoms with Crippen LogP contribution in [-0.4, -0.2) is 50.9 Å². The average Bonchev–Trinajstić information content (AvgIpc) is 3.17. The first-order valence-electron chi connectivity index (χ1n) is 9.56. The van der Waals surface area contributed by atoms with E-state index in [9.17, 15) is 13.2 Å². The SMILES string of the molecule is COc1ccc(S(=O)(=O)N2CCC(C(=O)NC3(CN)CCCC3)CC2)cc1.Cl. The number of hydrogen-bond acceptors (Lipinski definition) is 5. The number of ether oxygens (including phenoxy) is 1. The number of methoxy groups -OCH3 is 1. The second kappa shape index (κ2) is 9.43. The molecule has 158 valence electrons. The standard InChI is InChI=1S/C19H29N3O4S.ClH/c1-26-16-4-6-17(7-5-16)27(24,25)22-12-8-15(9-13-22)18(23)21-19(14-20)10-2-3-11-19;/h4-7,15H,2-3,8-14,20H2,1H3,(H,21,23);1H. The van der Waals surface area contributed by atoms with Gasteiger partial charge in [-0.1, -0.05) is 12.8 Å². The van der Waals surface area contributed by atoms with Crippen LogP contribution in [0.5, 0.6) is 5.75 Å². The molecular formula is C19H30ClN3O4S. The summed E-state index contributed by atoms with van der Waals surface area (Å²) in [6.07, 6.45) is 5.11. The summed E-state index contributed by atoms with van der Waals surface area (Å²) in [5.41, 5.74) is 5.64. The first-order chi connectivity index (χ1) is 12.9. The van der Waals surface area contributed by atoms with Gasteiger partial charge in [0.15, 0.2) is 0 Å². The van der Waals surface area contributed by atoms with Crippen molar-refractivity contribution >= 4 is 28.3 Å². The highest BCUT2D eigenvalue weighted by molar-refractivity contribution is 7.89. The molecule has 1 aliphatic heterocycles. The van der Waals surface area contributed by atoms with E-state index in [-0.39, 0.29) is 34.7 Å². The number of nitrogens with zero attached hydrogens (tertiary/aromatic N) is 1. The van der Waals surface area contributed by atoms with Gasteiger partial charge in [-0.05, 0) is 49.9 Å². The van der Waals surface area contributed by atoms with Crippen LogP contribution in [0.1, 0.15) is 38.5 Å². The zero-order chi connectivity index (χ0) is 19.5. The van der Waals surface area contributed by atoms with Crippen molar-refractivity contribution in [2.24, 2.45) is 11.7 Å². The zero-order valence-electron chi connectivity index (χ0n) is 16.2. The quantitative estimate of drug-likeness (QED) is 0.716. The molecule has 0 unspecified atom stereocenters. The van der Waals surface area contributed by atoms with Crippen LogP contribution in [0.25, 0.3) is 0 Å². The molecule has 0 bridgehead atoms. The molecule has 7 nitrogen and oxygen atoms in total. The van der Waals surface area contributed by atoms with Crippen LogP contribution in [0.3, 0.4) is 0 Å². The average molecular weight is 432 g/mol. The van der Waals surface area contributed by atoms with Crippen molar-refractivity contribution in [2.45, 2.75) is 49.0 Å². The first-order valence-corrected chi connectivity index (χ1v) is 11.0. The number of nitrogens with one attached hydrogen (secondary N) is 1. The van der Waals surface area contributed by atoms with Gasteiger partial charge in [0.1, 0.15) is 5.75 Å². The normalized spacial score (nSPS) is 20.4. The molecular weight excluding hydrogens is 402 g/mol. The molecule has 2 fully saturated rings. The predicted molar refractivity (Wildman–Crippen MR) is 110 cm³/mol. The minimum Gasteiger partial charge on any atom is -0.497 e. The minimum absolute atomic E-state index is 0. The number of sulfonamides is 1. The topological polar surface area (TPSA) is 102 Å². The second-order valence-electron chi connectivity index (χ2n) is 7.53. The van der Waals surface area contributed by atoms with Gasteiger partial charge in [0.25, 0.3) is 0 Å². The minimum atomic E-state index is -3.55. The third-order valence-corrected chi connectivity index (χ3v) is 7.77. The Morgan fingerprint density at radius 2 is 1.79 bits per heavy atom. The summed E-state index contributed by atoms with van der Waals surface area (Å²) in [5, 5.41) is 3.16. The fourth-order valence-corrected chi connectivity index (χ4v) is 5.52. The Labute approximate surface area is 173 Å². The van der Waals surface area contributed by atoms with E-state index in [1.165, 1.54) is 4.31 Å². The van der Waals surface area contributed by atoms with Crippen molar-refractivity contribution in [1.29, 1.82) is 0 Å². The van der Waals surface area contributed by atoms with Crippen molar-refractivity contribution in [3.63, 3.8) is 0 Å². The van der Waals surface area contributed by atoms with Crippen LogP contribution < -0.4 is 15.8 Å². The fraction of sp³-hybridized carbons (Fsp3) is 0.632. The van der Waals surface area contributed by atoms with Crippen LogP contribution in [0.15, 0.2) is 29.2 Å². The van der Waals surface area contributed by atoms with Crippen LogP contribution >= 0.6 is 12.4 Å². The molecule has 9 heteroatoms. The summed E-state index contributed by atoms with van der Waals surface area (Å²) in [4.78, 5) is 12.9. The summed E-state index contributed by atoms with van der Waals surface area (Å²) in [6, 6.07) is 6.39. The molecule has 0 aromatic heterocycles. The van der Waals surface area contributed by atoms with E-state index >= 15 is 0 Å². The summed E-state index contributed by atoms with van der Waals surface area (Å²) in [7, 11) is -2.01. The van der Waals surface area contributed by atoms with Gasteiger partial charge in [0.05, 0.1) is 17.5 Å². The highest BCUT2D eigenvalue weighted by Crippen LogP contribution is 2.30. The van der Waals surface area contributed by atoms with E-state index in [2.05, 4.69) is 5.32 Å². The number of rotatable bonds is 6. The maximum absolute atomic E-state index is 12.8. The van der Waals surface area contributed by atoms with Crippen LogP contribution in [0, 0.1) is 5.92 Å². The van der Waals surface area contributed by atoms with E-state index in [1.807, 2.05) is 0 Å². The largest absolute Gasteiger partial charge is 0.497 e. The number of piperidine rings is 1. The molecule has 0 atom stereocenters. The third kappa shape index (κ3) is 4.79. The van der Waals surface area contributed by atoms with Crippen molar-refractivity contribution in [3.05, 3.63) is 24.3 Å². The zero-order valence-corrected chi connectivity index (χ0v) is 17.9. The Bertz CT molecular complexity index is 756. The summed E-state index contributed by atoms with van der Waals surface area (Å²) in [5.74, 6) is 0.477. The molecule has 1 heterocycles. The monoisotopic (exact) mass is 431 g/mol. The molecule has 1 aromatic carbocycles. The molecule has 28 heavy (non-hydrogen) atoms. The molecule has 1 saturated carbocycles. The smallest absolute Gasteiger partial charge is 0.243 e. The van der Waals surface area contributed by atoms with Crippen LogP contribution in [-0.2, 0) is 14.8 Å². The Kier molecular flexibility index (Phi) is 7.73. The highest BCUT2D eigenvalue weighted by Gasteiger charge is 2.37. The lowest BCUT2D eigenvalue weighted by Crippen LogP contribution is -2.54. The predicted octanol–water partition coefficient (Wildman–Crippen LogP) is 1.91. The Balaban J connectivity index is 0.00000280. The number of amides is 1. The third-order valence-electron chi connectivity index (χ3n) is 5.86. The number of benzene rings is 1. The molecule has 0 spiro atoms. The molecule has 1 saturated heterocycles. The summed E-state index contributed by atoms with van der Waals surface area (Å²) < 4.78 is 32.2. The van der Waals surface area contributed by atoms with Crippen molar-refractivity contribution in [3.8, 4) is 5.75 Å². The van der Waals surface area contributed by atoms with Gasteiger partial charge in [-0.2, -0.15) is 4.31 Å². The summed E-state index contributed by atoms with van der Waals surface area (Å²) >= 11 is 0. The Morgan fingerprint density at radius 1 is 1.21 bits per heavy atom. The van der Waals surface area contributed by atoms with E-state index in [0.29, 0.717) is 38.2 Å². The van der Waals surface area contributed by atoms with Gasteiger partial charge in [-0.15, -0.1) is 12.4 Å². The number of hydrogen-bond donors (Lipinski definition) is 2. The van der Waals surface area contributed by atoms with Crippen molar-refractivity contribution < 1.29 is 17.9 Å². The fourth-order valence-electron chi connectivity index (χ4n) is 4.05. The lowest BCUT2D eigenvalue weighted by Gasteiger charge is -2.34. The van der Waals surface area contributed by atoms with Gasteiger partial charge >= 0.3 is 0 Å². The number of halogens is 1. The molecule has 1 aliphatic carbocycles. The molecule has 1 amide bonds. The van der Waals surface area contributed by atoms with Gasteiger partial charge in [-0.25, -0.2) is 8.42 Å². The number of carbonyl (C=O) groups is 1. The van der Waals surface area contributed by atoms with Gasteiger partial charge in [-0.3, -0.25) is 4.79 Å². The van der Waals surface area contributed by atoms with E-state index in [4.69, 9.17) is 10.5 Å². The first kappa shape index (κ1) is 22.9. The molecule has 0 radical (unpaired) electrons.